The lowest BCUT2D eigenvalue weighted by atomic mass is 10.2. The third-order valence-corrected chi connectivity index (χ3v) is 5.04. The van der Waals surface area contributed by atoms with Gasteiger partial charge in [-0.2, -0.15) is 0 Å². The van der Waals surface area contributed by atoms with E-state index in [0.29, 0.717) is 5.88 Å². The molecule has 0 aliphatic heterocycles. The summed E-state index contributed by atoms with van der Waals surface area (Å²) in [6, 6.07) is 7.14. The Hall–Kier alpha value is -1.06. The predicted molar refractivity (Wildman–Crippen MR) is 88.9 cm³/mol. The van der Waals surface area contributed by atoms with Gasteiger partial charge >= 0.3 is 0 Å². The molecule has 3 rings (SSSR count). The number of aryl methyl sites for hydroxylation is 1. The zero-order valence-corrected chi connectivity index (χ0v) is 13.7. The van der Waals surface area contributed by atoms with Gasteiger partial charge in [0.15, 0.2) is 0 Å². The first kappa shape index (κ1) is 14.9. The Bertz CT molecular complexity index is 614. The molecule has 4 heteroatoms. The van der Waals surface area contributed by atoms with Crippen LogP contribution in [0.2, 0.25) is 0 Å². The molecule has 1 saturated carbocycles. The highest BCUT2D eigenvalue weighted by Gasteiger charge is 2.20. The highest BCUT2D eigenvalue weighted by molar-refractivity contribution is 6.16. The number of nitrogens with zero attached hydrogens (tertiary/aromatic N) is 3. The van der Waals surface area contributed by atoms with Crippen LogP contribution in [0, 0.1) is 6.92 Å². The van der Waals surface area contributed by atoms with Crippen molar-refractivity contribution in [2.75, 3.05) is 13.6 Å². The lowest BCUT2D eigenvalue weighted by Crippen LogP contribution is -2.32. The zero-order chi connectivity index (χ0) is 14.8. The van der Waals surface area contributed by atoms with Gasteiger partial charge in [-0.1, -0.05) is 25.0 Å². The van der Waals surface area contributed by atoms with E-state index in [1.165, 1.54) is 36.8 Å². The Morgan fingerprint density at radius 2 is 2.10 bits per heavy atom. The third kappa shape index (κ3) is 2.95. The van der Waals surface area contributed by atoms with E-state index in [-0.39, 0.29) is 0 Å². The summed E-state index contributed by atoms with van der Waals surface area (Å²) in [4.78, 5) is 7.23. The second kappa shape index (κ2) is 6.37. The Morgan fingerprint density at radius 3 is 2.81 bits per heavy atom. The van der Waals surface area contributed by atoms with Gasteiger partial charge in [0.05, 0.1) is 16.9 Å². The van der Waals surface area contributed by atoms with E-state index in [9.17, 15) is 0 Å². The third-order valence-electron chi connectivity index (χ3n) is 4.80. The minimum atomic E-state index is 0.473. The molecule has 1 fully saturated rings. The van der Waals surface area contributed by atoms with Crippen LogP contribution >= 0.6 is 11.6 Å². The van der Waals surface area contributed by atoms with Gasteiger partial charge in [-0.3, -0.25) is 0 Å². The van der Waals surface area contributed by atoms with Crippen LogP contribution in [0.1, 0.15) is 37.1 Å². The summed E-state index contributed by atoms with van der Waals surface area (Å²) in [5.74, 6) is 1.46. The summed E-state index contributed by atoms with van der Waals surface area (Å²) in [5, 5.41) is 0. The molecule has 0 amide bonds. The second-order valence-corrected chi connectivity index (χ2v) is 6.44. The van der Waals surface area contributed by atoms with E-state index in [2.05, 4.69) is 41.6 Å². The Balaban J connectivity index is 1.80. The lowest BCUT2D eigenvalue weighted by Gasteiger charge is -2.24. The number of aromatic nitrogens is 2. The molecule has 1 aromatic heterocycles. The lowest BCUT2D eigenvalue weighted by molar-refractivity contribution is 0.236. The van der Waals surface area contributed by atoms with Crippen LogP contribution in [0.15, 0.2) is 18.2 Å². The van der Waals surface area contributed by atoms with Crippen LogP contribution in [0.25, 0.3) is 11.0 Å². The average Bonchev–Trinajstić information content (AvgIpc) is 3.13. The minimum Gasteiger partial charge on any atom is -0.326 e. The predicted octanol–water partition coefficient (Wildman–Crippen LogP) is 3.96. The van der Waals surface area contributed by atoms with Crippen LogP contribution in [0.4, 0.5) is 0 Å². The maximum Gasteiger partial charge on any atom is 0.124 e. The van der Waals surface area contributed by atoms with Crippen molar-refractivity contribution in [1.29, 1.82) is 0 Å². The summed E-state index contributed by atoms with van der Waals surface area (Å²) in [7, 11) is 2.25. The van der Waals surface area contributed by atoms with Crippen molar-refractivity contribution >= 4 is 22.6 Å². The van der Waals surface area contributed by atoms with Gasteiger partial charge in [-0.15, -0.1) is 11.6 Å². The fourth-order valence-corrected chi connectivity index (χ4v) is 3.68. The average molecular weight is 306 g/mol. The smallest absolute Gasteiger partial charge is 0.124 e. The number of likely N-dealkylation sites (N-methyl/N-ethyl adjacent to an activating group) is 1. The number of para-hydroxylation sites is 1. The number of halogens is 1. The van der Waals surface area contributed by atoms with Crippen molar-refractivity contribution in [3.8, 4) is 0 Å². The molecule has 1 heterocycles. The first-order valence-electron chi connectivity index (χ1n) is 7.91. The van der Waals surface area contributed by atoms with Crippen molar-refractivity contribution in [2.45, 2.75) is 51.1 Å². The normalized spacial score (nSPS) is 16.4. The van der Waals surface area contributed by atoms with Crippen molar-refractivity contribution in [1.82, 2.24) is 14.5 Å². The number of imidazole rings is 1. The van der Waals surface area contributed by atoms with Crippen LogP contribution in [-0.4, -0.2) is 34.1 Å². The molecule has 0 radical (unpaired) electrons. The summed E-state index contributed by atoms with van der Waals surface area (Å²) in [6.45, 7) is 4.14. The Labute approximate surface area is 131 Å². The van der Waals surface area contributed by atoms with Crippen LogP contribution < -0.4 is 0 Å². The maximum absolute atomic E-state index is 6.10. The van der Waals surface area contributed by atoms with Gasteiger partial charge in [0.25, 0.3) is 0 Å². The topological polar surface area (TPSA) is 21.1 Å². The Morgan fingerprint density at radius 1 is 1.33 bits per heavy atom. The molecule has 0 N–H and O–H groups in total. The van der Waals surface area contributed by atoms with E-state index in [1.54, 1.807) is 0 Å². The molecular formula is C17H24ClN3. The molecule has 114 valence electrons. The molecular weight excluding hydrogens is 282 g/mol. The molecule has 0 bridgehead atoms. The number of benzene rings is 1. The summed E-state index contributed by atoms with van der Waals surface area (Å²) in [5.41, 5.74) is 3.53. The van der Waals surface area contributed by atoms with Gasteiger partial charge in [0, 0.05) is 19.1 Å². The zero-order valence-electron chi connectivity index (χ0n) is 13.0. The van der Waals surface area contributed by atoms with Gasteiger partial charge < -0.3 is 9.47 Å². The quantitative estimate of drug-likeness (QED) is 0.780. The standard InChI is InChI=1S/C17H24ClN3/c1-13-6-5-9-15-17(13)19-16(12-18)21(15)11-10-20(2)14-7-3-4-8-14/h5-6,9,14H,3-4,7-8,10-12H2,1-2H3. The van der Waals surface area contributed by atoms with Crippen LogP contribution in [0.5, 0.6) is 0 Å². The fraction of sp³-hybridized carbons (Fsp3) is 0.588. The molecule has 0 spiro atoms. The van der Waals surface area contributed by atoms with E-state index in [0.717, 1.165) is 30.5 Å². The number of rotatable bonds is 5. The molecule has 0 saturated heterocycles. The first-order valence-corrected chi connectivity index (χ1v) is 8.45. The van der Waals surface area contributed by atoms with Gasteiger partial charge in [0.2, 0.25) is 0 Å². The van der Waals surface area contributed by atoms with Gasteiger partial charge in [0.1, 0.15) is 5.82 Å². The molecule has 1 aromatic carbocycles. The summed E-state index contributed by atoms with van der Waals surface area (Å²) < 4.78 is 2.29. The first-order chi connectivity index (χ1) is 10.2. The number of alkyl halides is 1. The molecule has 0 atom stereocenters. The second-order valence-electron chi connectivity index (χ2n) is 6.17. The van der Waals surface area contributed by atoms with Crippen molar-refractivity contribution in [2.24, 2.45) is 0 Å². The van der Waals surface area contributed by atoms with Gasteiger partial charge in [-0.25, -0.2) is 4.98 Å². The van der Waals surface area contributed by atoms with E-state index in [4.69, 9.17) is 16.6 Å². The van der Waals surface area contributed by atoms with Crippen LogP contribution in [0.3, 0.4) is 0 Å². The van der Waals surface area contributed by atoms with Crippen molar-refractivity contribution in [3.63, 3.8) is 0 Å². The largest absolute Gasteiger partial charge is 0.326 e. The van der Waals surface area contributed by atoms with Crippen molar-refractivity contribution in [3.05, 3.63) is 29.6 Å². The summed E-state index contributed by atoms with van der Waals surface area (Å²) in [6.07, 6.45) is 5.47. The van der Waals surface area contributed by atoms with Crippen LogP contribution in [-0.2, 0) is 12.4 Å². The molecule has 2 aromatic rings. The number of hydrogen-bond acceptors (Lipinski definition) is 2. The van der Waals surface area contributed by atoms with Gasteiger partial charge in [-0.05, 0) is 38.4 Å². The molecule has 21 heavy (non-hydrogen) atoms. The van der Waals surface area contributed by atoms with E-state index < -0.39 is 0 Å². The highest BCUT2D eigenvalue weighted by Crippen LogP contribution is 2.24. The van der Waals surface area contributed by atoms with Crippen molar-refractivity contribution < 1.29 is 0 Å². The van der Waals surface area contributed by atoms with E-state index in [1.807, 2.05) is 0 Å². The Kier molecular flexibility index (Phi) is 4.51. The summed E-state index contributed by atoms with van der Waals surface area (Å²) >= 11 is 6.10. The molecule has 1 aliphatic rings. The maximum atomic E-state index is 6.10. The van der Waals surface area contributed by atoms with E-state index >= 15 is 0 Å². The SMILES string of the molecule is Cc1cccc2c1nc(CCl)n2CCN(C)C1CCCC1. The monoisotopic (exact) mass is 305 g/mol. The molecule has 3 nitrogen and oxygen atoms in total. The highest BCUT2D eigenvalue weighted by atomic mass is 35.5. The minimum absolute atomic E-state index is 0.473. The molecule has 0 unspecified atom stereocenters. The molecule has 1 aliphatic carbocycles. The fourth-order valence-electron chi connectivity index (χ4n) is 3.47. The number of hydrogen-bond donors (Lipinski definition) is 0. The number of fused-ring (bicyclic) bond motifs is 1.